The van der Waals surface area contributed by atoms with E-state index in [2.05, 4.69) is 10.3 Å². The van der Waals surface area contributed by atoms with Crippen molar-refractivity contribution in [3.05, 3.63) is 24.3 Å². The number of aliphatic carboxylic acids is 1. The Bertz CT molecular complexity index is 596. The van der Waals surface area contributed by atoms with E-state index < -0.39 is 17.2 Å². The number of carbonyl (C=O) groups is 1. The number of carboxylic acid groups (broad SMARTS) is 1. The highest BCUT2D eigenvalue weighted by Crippen LogP contribution is 2.21. The molecule has 0 aliphatic rings. The third-order valence-electron chi connectivity index (χ3n) is 2.45. The number of benzene rings is 1. The molecule has 0 saturated heterocycles. The van der Waals surface area contributed by atoms with E-state index in [0.717, 1.165) is 4.31 Å². The third kappa shape index (κ3) is 3.53. The quantitative estimate of drug-likeness (QED) is 0.502. The molecule has 8 nitrogen and oxygen atoms in total. The second-order valence-corrected chi connectivity index (χ2v) is 4.77. The largest absolute Gasteiger partial charge is 0.480 e. The third-order valence-corrected chi connectivity index (χ3v) is 3.17. The smallest absolute Gasteiger partial charge is 0.317 e. The van der Waals surface area contributed by atoms with Crippen molar-refractivity contribution in [3.8, 4) is 0 Å². The minimum absolute atomic E-state index is 0.0177. The van der Waals surface area contributed by atoms with Crippen molar-refractivity contribution < 1.29 is 23.1 Å². The van der Waals surface area contributed by atoms with Crippen LogP contribution in [0, 0.1) is 0 Å². The maximum atomic E-state index is 11.3. The monoisotopic (exact) mass is 299 g/mol. The topological polar surface area (TPSA) is 116 Å². The molecular formula is C11H13N3O5S. The molecule has 0 radical (unpaired) electrons. The first kappa shape index (κ1) is 14.4. The lowest BCUT2D eigenvalue weighted by atomic mass is 10.3. The average molecular weight is 299 g/mol. The Kier molecular flexibility index (Phi) is 4.66. The lowest BCUT2D eigenvalue weighted by molar-refractivity contribution is -0.135. The first-order valence-electron chi connectivity index (χ1n) is 5.74. The molecule has 0 amide bonds. The molecule has 1 heterocycles. The predicted octanol–water partition coefficient (Wildman–Crippen LogP) is 0.445. The van der Waals surface area contributed by atoms with Gasteiger partial charge >= 0.3 is 12.0 Å². The number of carboxylic acids is 1. The number of nitrogens with one attached hydrogen (secondary N) is 1. The van der Waals surface area contributed by atoms with Gasteiger partial charge in [-0.3, -0.25) is 9.35 Å². The van der Waals surface area contributed by atoms with Gasteiger partial charge in [0, 0.05) is 6.54 Å². The van der Waals surface area contributed by atoms with Crippen LogP contribution in [0.5, 0.6) is 0 Å². The zero-order valence-electron chi connectivity index (χ0n) is 10.4. The highest BCUT2D eigenvalue weighted by Gasteiger charge is 2.18. The maximum absolute atomic E-state index is 11.3. The fourth-order valence-corrected chi connectivity index (χ4v) is 2.04. The van der Waals surface area contributed by atoms with Gasteiger partial charge in [-0.2, -0.15) is 4.98 Å². The van der Waals surface area contributed by atoms with Gasteiger partial charge in [-0.25, -0.2) is 8.51 Å². The number of hydrogen-bond donors (Lipinski definition) is 3. The van der Waals surface area contributed by atoms with Crippen LogP contribution in [-0.2, 0) is 16.1 Å². The summed E-state index contributed by atoms with van der Waals surface area (Å²) >= 11 is -2.31. The van der Waals surface area contributed by atoms with Gasteiger partial charge in [-0.1, -0.05) is 12.1 Å². The maximum Gasteiger partial charge on any atom is 0.317 e. The normalized spacial score (nSPS) is 12.4. The van der Waals surface area contributed by atoms with Crippen molar-refractivity contribution in [2.75, 3.05) is 23.9 Å². The van der Waals surface area contributed by atoms with Crippen molar-refractivity contribution in [3.63, 3.8) is 0 Å². The molecule has 2 rings (SSSR count). The van der Waals surface area contributed by atoms with Crippen LogP contribution in [0.15, 0.2) is 28.7 Å². The van der Waals surface area contributed by atoms with Crippen LogP contribution in [0.4, 0.5) is 6.01 Å². The molecule has 9 heteroatoms. The first-order chi connectivity index (χ1) is 9.58. The second-order valence-electron chi connectivity index (χ2n) is 3.87. The summed E-state index contributed by atoms with van der Waals surface area (Å²) in [6.07, 6.45) is 0. The summed E-state index contributed by atoms with van der Waals surface area (Å²) in [6.45, 7) is 0.0694. The molecule has 3 N–H and O–H groups in total. The molecule has 2 aromatic rings. The second kappa shape index (κ2) is 6.46. The molecule has 1 aromatic carbocycles. The van der Waals surface area contributed by atoms with Gasteiger partial charge in [-0.15, -0.1) is 0 Å². The molecule has 0 saturated carbocycles. The predicted molar refractivity (Wildman–Crippen MR) is 72.6 cm³/mol. The molecule has 0 aliphatic heterocycles. The van der Waals surface area contributed by atoms with E-state index in [4.69, 9.17) is 9.52 Å². The van der Waals surface area contributed by atoms with Crippen molar-refractivity contribution in [1.82, 2.24) is 10.3 Å². The minimum Gasteiger partial charge on any atom is -0.480 e. The Morgan fingerprint density at radius 1 is 1.45 bits per heavy atom. The van der Waals surface area contributed by atoms with Gasteiger partial charge in [-0.05, 0) is 12.1 Å². The number of fused-ring (bicyclic) bond motifs is 1. The summed E-state index contributed by atoms with van der Waals surface area (Å²) < 4.78 is 27.0. The van der Waals surface area contributed by atoms with Crippen LogP contribution in [0.2, 0.25) is 0 Å². The van der Waals surface area contributed by atoms with Gasteiger partial charge in [0.1, 0.15) is 5.52 Å². The lowest BCUT2D eigenvalue weighted by Gasteiger charge is -2.14. The summed E-state index contributed by atoms with van der Waals surface area (Å²) in [5, 5.41) is 11.1. The minimum atomic E-state index is -2.31. The van der Waals surface area contributed by atoms with Crippen LogP contribution in [0.3, 0.4) is 0 Å². The number of oxazole rings is 1. The molecule has 0 fully saturated rings. The molecule has 1 atom stereocenters. The van der Waals surface area contributed by atoms with Crippen molar-refractivity contribution in [2.45, 2.75) is 0 Å². The number of hydrogen-bond acceptors (Lipinski definition) is 5. The van der Waals surface area contributed by atoms with Crippen LogP contribution in [0.1, 0.15) is 0 Å². The first-order valence-corrected chi connectivity index (χ1v) is 6.81. The summed E-state index contributed by atoms with van der Waals surface area (Å²) in [6, 6.07) is 7.00. The van der Waals surface area contributed by atoms with Crippen molar-refractivity contribution >= 4 is 34.4 Å². The molecular weight excluding hydrogens is 286 g/mol. The van der Waals surface area contributed by atoms with Gasteiger partial charge in [0.25, 0.3) is 11.3 Å². The standard InChI is InChI=1S/C11H13N3O5S/c15-10(16)7-12-5-6-14(20(17)18)11-13-8-3-1-2-4-9(8)19-11/h1-4,12H,5-7H2,(H,15,16)(H,17,18). The van der Waals surface area contributed by atoms with E-state index in [1.54, 1.807) is 24.3 Å². The van der Waals surface area contributed by atoms with E-state index in [9.17, 15) is 13.6 Å². The highest BCUT2D eigenvalue weighted by atomic mass is 32.2. The number of anilines is 1. The summed E-state index contributed by atoms with van der Waals surface area (Å²) in [5.74, 6) is -0.997. The molecule has 0 bridgehead atoms. The van der Waals surface area contributed by atoms with Gasteiger partial charge in [0.05, 0.1) is 13.1 Å². The highest BCUT2D eigenvalue weighted by molar-refractivity contribution is 7.80. The number of rotatable bonds is 7. The van der Waals surface area contributed by atoms with E-state index >= 15 is 0 Å². The van der Waals surface area contributed by atoms with Gasteiger partial charge < -0.3 is 14.8 Å². The molecule has 20 heavy (non-hydrogen) atoms. The number of nitrogens with zero attached hydrogens (tertiary/aromatic N) is 2. The average Bonchev–Trinajstić information content (AvgIpc) is 2.80. The zero-order valence-corrected chi connectivity index (χ0v) is 11.2. The SMILES string of the molecule is O=C(O)CNCCN(c1nc2ccccc2o1)S(=O)O. The lowest BCUT2D eigenvalue weighted by Crippen LogP contribution is -2.35. The fraction of sp³-hybridized carbons (Fsp3) is 0.273. The Morgan fingerprint density at radius 2 is 2.20 bits per heavy atom. The summed E-state index contributed by atoms with van der Waals surface area (Å²) in [5.41, 5.74) is 1.09. The Labute approximate surface area is 116 Å². The van der Waals surface area contributed by atoms with E-state index in [1.165, 1.54) is 0 Å². The van der Waals surface area contributed by atoms with Crippen LogP contribution >= 0.6 is 0 Å². The Hall–Kier alpha value is -1.97. The number of aromatic nitrogens is 1. The summed E-state index contributed by atoms with van der Waals surface area (Å²) in [4.78, 5) is 14.5. The van der Waals surface area contributed by atoms with Gasteiger partial charge in [0.15, 0.2) is 5.58 Å². The van der Waals surface area contributed by atoms with E-state index in [-0.39, 0.29) is 25.6 Å². The fourth-order valence-electron chi connectivity index (χ4n) is 1.58. The van der Waals surface area contributed by atoms with Crippen LogP contribution in [0.25, 0.3) is 11.1 Å². The Balaban J connectivity index is 2.08. The Morgan fingerprint density at radius 3 is 2.85 bits per heavy atom. The molecule has 0 aliphatic carbocycles. The molecule has 1 aromatic heterocycles. The molecule has 108 valence electrons. The van der Waals surface area contributed by atoms with Crippen molar-refractivity contribution in [1.29, 1.82) is 0 Å². The van der Waals surface area contributed by atoms with Crippen LogP contribution < -0.4 is 9.62 Å². The van der Waals surface area contributed by atoms with Crippen molar-refractivity contribution in [2.24, 2.45) is 0 Å². The zero-order chi connectivity index (χ0) is 14.5. The summed E-state index contributed by atoms with van der Waals surface area (Å²) in [7, 11) is 0. The molecule has 0 spiro atoms. The van der Waals surface area contributed by atoms with Crippen LogP contribution in [-0.4, -0.2) is 44.5 Å². The van der Waals surface area contributed by atoms with E-state index in [0.29, 0.717) is 11.1 Å². The molecule has 1 unspecified atom stereocenters. The van der Waals surface area contributed by atoms with E-state index in [1.807, 2.05) is 0 Å². The number of para-hydroxylation sites is 2. The van der Waals surface area contributed by atoms with Gasteiger partial charge in [0.2, 0.25) is 0 Å².